The maximum absolute atomic E-state index is 13.4. The second-order valence-electron chi connectivity index (χ2n) is 4.20. The van der Waals surface area contributed by atoms with E-state index in [1.807, 2.05) is 6.92 Å². The lowest BCUT2D eigenvalue weighted by atomic mass is 10.0. The van der Waals surface area contributed by atoms with Gasteiger partial charge in [0.1, 0.15) is 17.7 Å². The van der Waals surface area contributed by atoms with E-state index >= 15 is 0 Å². The van der Waals surface area contributed by atoms with Crippen LogP contribution in [-0.2, 0) is 6.42 Å². The fourth-order valence-electron chi connectivity index (χ4n) is 1.80. The smallest absolute Gasteiger partial charge is 0.126 e. The molecule has 0 spiro atoms. The van der Waals surface area contributed by atoms with Crippen LogP contribution in [0.3, 0.4) is 0 Å². The van der Waals surface area contributed by atoms with E-state index in [9.17, 15) is 4.39 Å². The number of methoxy groups -OCH3 is 2. The van der Waals surface area contributed by atoms with Crippen molar-refractivity contribution in [2.45, 2.75) is 32.5 Å². The maximum Gasteiger partial charge on any atom is 0.126 e. The van der Waals surface area contributed by atoms with Crippen molar-refractivity contribution < 1.29 is 13.9 Å². The molecular formula is C13H20FNO2. The summed E-state index contributed by atoms with van der Waals surface area (Å²) in [6, 6.07) is 3.50. The highest BCUT2D eigenvalue weighted by Gasteiger charge is 2.16. The Kier molecular flexibility index (Phi) is 4.75. The van der Waals surface area contributed by atoms with Gasteiger partial charge in [-0.1, -0.05) is 0 Å². The molecule has 2 N–H and O–H groups in total. The molecule has 0 heterocycles. The highest BCUT2D eigenvalue weighted by Crippen LogP contribution is 2.34. The first-order chi connectivity index (χ1) is 7.99. The van der Waals surface area contributed by atoms with Gasteiger partial charge in [0.25, 0.3) is 0 Å². The normalized spacial score (nSPS) is 14.2. The molecule has 0 fully saturated rings. The van der Waals surface area contributed by atoms with Gasteiger partial charge in [-0.15, -0.1) is 0 Å². The molecule has 0 radical (unpaired) electrons. The standard InChI is InChI=1S/C13H20FNO2/c1-8(15)5-10-6-13(17-4)11(9(2)14)7-12(10)16-3/h6-9H,5,15H2,1-4H3. The fourth-order valence-corrected chi connectivity index (χ4v) is 1.80. The van der Waals surface area contributed by atoms with Crippen LogP contribution in [0.15, 0.2) is 12.1 Å². The molecule has 2 unspecified atom stereocenters. The summed E-state index contributed by atoms with van der Waals surface area (Å²) in [7, 11) is 3.10. The van der Waals surface area contributed by atoms with Crippen LogP contribution in [-0.4, -0.2) is 20.3 Å². The Morgan fingerprint density at radius 3 is 2.18 bits per heavy atom. The monoisotopic (exact) mass is 241 g/mol. The molecule has 3 nitrogen and oxygen atoms in total. The summed E-state index contributed by atoms with van der Waals surface area (Å²) in [6.45, 7) is 3.39. The first-order valence-corrected chi connectivity index (χ1v) is 5.64. The van der Waals surface area contributed by atoms with Gasteiger partial charge in [0.05, 0.1) is 14.2 Å². The average Bonchev–Trinajstić information content (AvgIpc) is 2.27. The number of halogens is 1. The van der Waals surface area contributed by atoms with E-state index in [1.165, 1.54) is 14.0 Å². The largest absolute Gasteiger partial charge is 0.496 e. The van der Waals surface area contributed by atoms with Gasteiger partial charge in [-0.25, -0.2) is 4.39 Å². The zero-order chi connectivity index (χ0) is 13.0. The van der Waals surface area contributed by atoms with Crippen molar-refractivity contribution in [2.75, 3.05) is 14.2 Å². The quantitative estimate of drug-likeness (QED) is 0.861. The average molecular weight is 241 g/mol. The summed E-state index contributed by atoms with van der Waals surface area (Å²) in [6.07, 6.45) is -0.427. The topological polar surface area (TPSA) is 44.5 Å². The Labute approximate surface area is 102 Å². The summed E-state index contributed by atoms with van der Waals surface area (Å²) >= 11 is 0. The van der Waals surface area contributed by atoms with Crippen molar-refractivity contribution in [1.29, 1.82) is 0 Å². The Morgan fingerprint density at radius 1 is 1.18 bits per heavy atom. The highest BCUT2D eigenvalue weighted by atomic mass is 19.1. The third-order valence-corrected chi connectivity index (χ3v) is 2.60. The van der Waals surface area contributed by atoms with Gasteiger partial charge >= 0.3 is 0 Å². The van der Waals surface area contributed by atoms with Crippen molar-refractivity contribution in [3.8, 4) is 11.5 Å². The Bertz CT molecular complexity index is 378. The van der Waals surface area contributed by atoms with E-state index in [0.717, 1.165) is 5.56 Å². The molecule has 0 aliphatic rings. The van der Waals surface area contributed by atoms with E-state index in [4.69, 9.17) is 15.2 Å². The zero-order valence-electron chi connectivity index (χ0n) is 10.8. The van der Waals surface area contributed by atoms with Crippen LogP contribution in [0.5, 0.6) is 11.5 Å². The molecule has 1 rings (SSSR count). The first-order valence-electron chi connectivity index (χ1n) is 5.64. The third-order valence-electron chi connectivity index (χ3n) is 2.60. The van der Waals surface area contributed by atoms with Gasteiger partial charge in [-0.3, -0.25) is 0 Å². The number of hydrogen-bond donors (Lipinski definition) is 1. The van der Waals surface area contributed by atoms with Gasteiger partial charge in [0, 0.05) is 11.6 Å². The number of benzene rings is 1. The van der Waals surface area contributed by atoms with Crippen LogP contribution in [0.2, 0.25) is 0 Å². The van der Waals surface area contributed by atoms with Crippen LogP contribution >= 0.6 is 0 Å². The lowest BCUT2D eigenvalue weighted by Gasteiger charge is -2.16. The van der Waals surface area contributed by atoms with Gasteiger partial charge in [0.15, 0.2) is 0 Å². The number of hydrogen-bond acceptors (Lipinski definition) is 3. The lowest BCUT2D eigenvalue weighted by molar-refractivity contribution is 0.341. The van der Waals surface area contributed by atoms with Crippen molar-refractivity contribution >= 4 is 0 Å². The molecule has 0 aliphatic carbocycles. The third kappa shape index (κ3) is 3.33. The van der Waals surface area contributed by atoms with Crippen LogP contribution in [0.4, 0.5) is 4.39 Å². The second kappa shape index (κ2) is 5.87. The Hall–Kier alpha value is -1.29. The maximum atomic E-state index is 13.4. The van der Waals surface area contributed by atoms with Crippen LogP contribution in [0, 0.1) is 0 Å². The Morgan fingerprint density at radius 2 is 1.76 bits per heavy atom. The summed E-state index contributed by atoms with van der Waals surface area (Å²) in [4.78, 5) is 0. The molecule has 17 heavy (non-hydrogen) atoms. The Balaban J connectivity index is 3.22. The summed E-state index contributed by atoms with van der Waals surface area (Å²) in [5.41, 5.74) is 7.20. The summed E-state index contributed by atoms with van der Waals surface area (Å²) in [5, 5.41) is 0. The predicted molar refractivity (Wildman–Crippen MR) is 66.4 cm³/mol. The SMILES string of the molecule is COc1cc(C(C)F)c(OC)cc1CC(C)N. The molecule has 0 saturated carbocycles. The fraction of sp³-hybridized carbons (Fsp3) is 0.538. The summed E-state index contributed by atoms with van der Waals surface area (Å²) in [5.74, 6) is 1.19. The minimum absolute atomic E-state index is 0.0160. The summed E-state index contributed by atoms with van der Waals surface area (Å²) < 4.78 is 23.9. The van der Waals surface area contributed by atoms with Crippen LogP contribution in [0.1, 0.15) is 31.1 Å². The number of rotatable bonds is 5. The van der Waals surface area contributed by atoms with Crippen molar-refractivity contribution in [3.05, 3.63) is 23.3 Å². The van der Waals surface area contributed by atoms with Gasteiger partial charge in [0.2, 0.25) is 0 Å². The van der Waals surface area contributed by atoms with Crippen molar-refractivity contribution in [2.24, 2.45) is 5.73 Å². The molecule has 1 aromatic rings. The molecule has 0 bridgehead atoms. The number of nitrogens with two attached hydrogens (primary N) is 1. The minimum Gasteiger partial charge on any atom is -0.496 e. The zero-order valence-corrected chi connectivity index (χ0v) is 10.8. The lowest BCUT2D eigenvalue weighted by Crippen LogP contribution is -2.18. The molecule has 0 aliphatic heterocycles. The van der Waals surface area contributed by atoms with Crippen molar-refractivity contribution in [3.63, 3.8) is 0 Å². The number of alkyl halides is 1. The van der Waals surface area contributed by atoms with E-state index in [1.54, 1.807) is 19.2 Å². The van der Waals surface area contributed by atoms with Crippen LogP contribution in [0.25, 0.3) is 0 Å². The van der Waals surface area contributed by atoms with E-state index in [-0.39, 0.29) is 6.04 Å². The predicted octanol–water partition coefficient (Wildman–Crippen LogP) is 2.62. The molecule has 1 aromatic carbocycles. The molecular weight excluding hydrogens is 221 g/mol. The minimum atomic E-state index is -1.09. The number of ether oxygens (including phenoxy) is 2. The van der Waals surface area contributed by atoms with Crippen molar-refractivity contribution in [1.82, 2.24) is 0 Å². The highest BCUT2D eigenvalue weighted by molar-refractivity contribution is 5.47. The molecule has 4 heteroatoms. The van der Waals surface area contributed by atoms with Crippen LogP contribution < -0.4 is 15.2 Å². The molecule has 2 atom stereocenters. The first kappa shape index (κ1) is 13.8. The van der Waals surface area contributed by atoms with Gasteiger partial charge in [-0.2, -0.15) is 0 Å². The van der Waals surface area contributed by atoms with Gasteiger partial charge in [-0.05, 0) is 38.0 Å². The molecule has 0 aromatic heterocycles. The van der Waals surface area contributed by atoms with Gasteiger partial charge < -0.3 is 15.2 Å². The second-order valence-corrected chi connectivity index (χ2v) is 4.20. The van der Waals surface area contributed by atoms with E-state index in [0.29, 0.717) is 23.5 Å². The molecule has 0 saturated heterocycles. The molecule has 96 valence electrons. The van der Waals surface area contributed by atoms with E-state index < -0.39 is 6.17 Å². The van der Waals surface area contributed by atoms with E-state index in [2.05, 4.69) is 0 Å². The molecule has 0 amide bonds.